The van der Waals surface area contributed by atoms with Crippen LogP contribution in [0.5, 0.6) is 11.5 Å². The molecule has 14 heteroatoms. The van der Waals surface area contributed by atoms with Gasteiger partial charge in [-0.05, 0) is 6.08 Å². The van der Waals surface area contributed by atoms with Crippen LogP contribution in [0.25, 0.3) is 11.5 Å². The number of aliphatic imine (C=N–C) groups is 1. The van der Waals surface area contributed by atoms with Gasteiger partial charge in [0.2, 0.25) is 5.91 Å². The van der Waals surface area contributed by atoms with E-state index >= 15 is 0 Å². The van der Waals surface area contributed by atoms with Crippen molar-refractivity contribution >= 4 is 40.6 Å². The molecule has 42 heavy (non-hydrogen) atoms. The molecule has 0 saturated carbocycles. The van der Waals surface area contributed by atoms with E-state index in [9.17, 15) is 4.79 Å². The smallest absolute Gasteiger partial charge is 0.247 e. The number of halogens is 2. The number of nitrogens with zero attached hydrogens (tertiary/aromatic N) is 5. The van der Waals surface area contributed by atoms with Crippen LogP contribution in [0.2, 0.25) is 10.0 Å². The quantitative estimate of drug-likeness (QED) is 0.225. The zero-order valence-electron chi connectivity index (χ0n) is 24.0. The minimum Gasteiger partial charge on any atom is -0.495 e. The molecule has 1 aromatic carbocycles. The van der Waals surface area contributed by atoms with Crippen LogP contribution >= 0.6 is 23.2 Å². The van der Waals surface area contributed by atoms with Crippen molar-refractivity contribution in [3.8, 4) is 23.0 Å². The number of hydrogen-bond acceptors (Lipinski definition) is 10. The Morgan fingerprint density at radius 3 is 2.40 bits per heavy atom. The van der Waals surface area contributed by atoms with Gasteiger partial charge in [0.05, 0.1) is 61.9 Å². The summed E-state index contributed by atoms with van der Waals surface area (Å²) in [6.07, 6.45) is 4.47. The molecular weight excluding hydrogens is 585 g/mol. The predicted molar refractivity (Wildman–Crippen MR) is 161 cm³/mol. The SMILES string of the molecule is C=CC(=O)Nc1cnn(CCOC)c1-c1ncc2c(n1)C(NCCOC)=NC(c1c(Cl)c(OC)cc(OC)c1Cl)C2C. The molecule has 224 valence electrons. The molecule has 0 spiro atoms. The number of rotatable bonds is 12. The van der Waals surface area contributed by atoms with Gasteiger partial charge in [-0.3, -0.25) is 14.5 Å². The zero-order chi connectivity index (χ0) is 30.4. The van der Waals surface area contributed by atoms with E-state index in [0.29, 0.717) is 82.1 Å². The lowest BCUT2D eigenvalue weighted by atomic mass is 9.85. The minimum absolute atomic E-state index is 0.243. The molecule has 0 saturated heterocycles. The number of benzene rings is 1. The van der Waals surface area contributed by atoms with E-state index in [1.807, 2.05) is 6.92 Å². The van der Waals surface area contributed by atoms with E-state index in [4.69, 9.17) is 57.1 Å². The Kier molecular flexibility index (Phi) is 10.4. The number of amidine groups is 1. The summed E-state index contributed by atoms with van der Waals surface area (Å²) in [6, 6.07) is 1.12. The number of amides is 1. The number of hydrogen-bond donors (Lipinski definition) is 2. The Morgan fingerprint density at radius 2 is 1.79 bits per heavy atom. The summed E-state index contributed by atoms with van der Waals surface area (Å²) in [4.78, 5) is 26.9. The van der Waals surface area contributed by atoms with Crippen LogP contribution in [0.3, 0.4) is 0 Å². The topological polar surface area (TPSA) is 134 Å². The molecule has 1 aliphatic rings. The van der Waals surface area contributed by atoms with Crippen molar-refractivity contribution in [2.24, 2.45) is 4.99 Å². The fraction of sp³-hybridized carbons (Fsp3) is 0.393. The minimum atomic E-state index is -0.518. The maximum atomic E-state index is 12.2. The number of anilines is 1. The first kappa shape index (κ1) is 31.2. The molecule has 12 nitrogen and oxygen atoms in total. The van der Waals surface area contributed by atoms with Gasteiger partial charge >= 0.3 is 0 Å². The van der Waals surface area contributed by atoms with Crippen LogP contribution in [-0.4, -0.2) is 79.7 Å². The average Bonchev–Trinajstić information content (AvgIpc) is 3.39. The Bertz CT molecular complexity index is 1470. The number of nitrogens with one attached hydrogen (secondary N) is 2. The first-order valence-electron chi connectivity index (χ1n) is 13.1. The molecule has 2 atom stereocenters. The molecule has 3 aromatic rings. The van der Waals surface area contributed by atoms with Crippen molar-refractivity contribution in [2.45, 2.75) is 25.4 Å². The first-order valence-corrected chi connectivity index (χ1v) is 13.8. The van der Waals surface area contributed by atoms with Gasteiger partial charge in [-0.1, -0.05) is 36.7 Å². The van der Waals surface area contributed by atoms with E-state index in [0.717, 1.165) is 5.56 Å². The number of ether oxygens (including phenoxy) is 4. The van der Waals surface area contributed by atoms with Crippen molar-refractivity contribution < 1.29 is 23.7 Å². The lowest BCUT2D eigenvalue weighted by Gasteiger charge is -2.31. The van der Waals surface area contributed by atoms with Crippen molar-refractivity contribution in [3.05, 3.63) is 58.0 Å². The number of fused-ring (bicyclic) bond motifs is 1. The van der Waals surface area contributed by atoms with Crippen molar-refractivity contribution in [1.29, 1.82) is 0 Å². The third-order valence-corrected chi connectivity index (χ3v) is 7.56. The highest BCUT2D eigenvalue weighted by Gasteiger charge is 2.36. The third-order valence-electron chi connectivity index (χ3n) is 6.78. The molecule has 0 radical (unpaired) electrons. The normalized spacial score (nSPS) is 15.9. The summed E-state index contributed by atoms with van der Waals surface area (Å²) in [7, 11) is 6.27. The maximum absolute atomic E-state index is 12.2. The van der Waals surface area contributed by atoms with Gasteiger partial charge in [0.25, 0.3) is 0 Å². The van der Waals surface area contributed by atoms with Crippen LogP contribution in [0.4, 0.5) is 5.69 Å². The monoisotopic (exact) mass is 617 g/mol. The first-order chi connectivity index (χ1) is 20.3. The summed E-state index contributed by atoms with van der Waals surface area (Å²) in [6.45, 7) is 7.23. The molecule has 2 N–H and O–H groups in total. The lowest BCUT2D eigenvalue weighted by Crippen LogP contribution is -2.34. The largest absolute Gasteiger partial charge is 0.495 e. The molecule has 0 aliphatic carbocycles. The lowest BCUT2D eigenvalue weighted by molar-refractivity contribution is -0.111. The maximum Gasteiger partial charge on any atom is 0.247 e. The zero-order valence-corrected chi connectivity index (χ0v) is 25.5. The summed E-state index contributed by atoms with van der Waals surface area (Å²) in [5.41, 5.74) is 2.91. The van der Waals surface area contributed by atoms with Gasteiger partial charge in [-0.15, -0.1) is 0 Å². The molecule has 1 aliphatic heterocycles. The molecule has 4 rings (SSSR count). The van der Waals surface area contributed by atoms with E-state index in [1.165, 1.54) is 20.3 Å². The molecule has 1 amide bonds. The number of aromatic nitrogens is 4. The average molecular weight is 619 g/mol. The van der Waals surface area contributed by atoms with Crippen LogP contribution in [0.15, 0.2) is 36.1 Å². The summed E-state index contributed by atoms with van der Waals surface area (Å²) in [5, 5.41) is 11.2. The molecular formula is C28H33Cl2N7O5. The highest BCUT2D eigenvalue weighted by molar-refractivity contribution is 6.38. The standard InChI is InChI=1S/C28H33Cl2N7O5/c1-7-20(38)34-17-14-33-37(9-11-40-4)26(17)28-32-13-16-15(2)24(35-27(25(16)36-28)31-8-10-39-3)21-22(29)18(41-5)12-19(42-6)23(21)30/h7,12-15,24H,1,8-11H2,2-6H3,(H,31,35)(H,34,38). The van der Waals surface area contributed by atoms with E-state index in [2.05, 4.69) is 22.3 Å². The fourth-order valence-corrected chi connectivity index (χ4v) is 5.36. The van der Waals surface area contributed by atoms with E-state index in [1.54, 1.807) is 37.4 Å². The second-order valence-electron chi connectivity index (χ2n) is 9.27. The van der Waals surface area contributed by atoms with Crippen molar-refractivity contribution in [2.75, 3.05) is 53.5 Å². The Labute approximate surface area is 254 Å². The molecule has 0 fully saturated rings. The van der Waals surface area contributed by atoms with E-state index < -0.39 is 6.04 Å². The van der Waals surface area contributed by atoms with Crippen molar-refractivity contribution in [3.63, 3.8) is 0 Å². The molecule has 0 bridgehead atoms. The number of carbonyl (C=O) groups excluding carboxylic acids is 1. The number of methoxy groups -OCH3 is 4. The Balaban J connectivity index is 1.88. The van der Waals surface area contributed by atoms with Crippen LogP contribution < -0.4 is 20.1 Å². The predicted octanol–water partition coefficient (Wildman–Crippen LogP) is 4.28. The van der Waals surface area contributed by atoms with Gasteiger partial charge in [0, 0.05) is 50.1 Å². The van der Waals surface area contributed by atoms with Gasteiger partial charge in [-0.25, -0.2) is 9.97 Å². The van der Waals surface area contributed by atoms with Crippen LogP contribution in [0, 0.1) is 0 Å². The molecule has 3 heterocycles. The molecule has 2 unspecified atom stereocenters. The van der Waals surface area contributed by atoms with Gasteiger partial charge in [-0.2, -0.15) is 5.10 Å². The Hall–Kier alpha value is -3.71. The molecule has 2 aromatic heterocycles. The second-order valence-corrected chi connectivity index (χ2v) is 10.0. The number of carbonyl (C=O) groups is 1. The van der Waals surface area contributed by atoms with Gasteiger partial charge < -0.3 is 29.6 Å². The van der Waals surface area contributed by atoms with Crippen LogP contribution in [0.1, 0.15) is 35.7 Å². The highest BCUT2D eigenvalue weighted by Crippen LogP contribution is 2.49. The summed E-state index contributed by atoms with van der Waals surface area (Å²) in [5.74, 6) is 1.05. The second kappa shape index (κ2) is 14.0. The Morgan fingerprint density at radius 1 is 1.10 bits per heavy atom. The fourth-order valence-electron chi connectivity index (χ4n) is 4.63. The van der Waals surface area contributed by atoms with Gasteiger partial charge in [0.15, 0.2) is 5.82 Å². The summed E-state index contributed by atoms with van der Waals surface area (Å²) >= 11 is 13.6. The van der Waals surface area contributed by atoms with Gasteiger partial charge in [0.1, 0.15) is 28.7 Å². The van der Waals surface area contributed by atoms with Crippen molar-refractivity contribution in [1.82, 2.24) is 25.1 Å². The third kappa shape index (κ3) is 6.21. The van der Waals surface area contributed by atoms with E-state index in [-0.39, 0.29) is 11.8 Å². The van der Waals surface area contributed by atoms with Crippen LogP contribution in [-0.2, 0) is 20.8 Å². The summed E-state index contributed by atoms with van der Waals surface area (Å²) < 4.78 is 23.2. The highest BCUT2D eigenvalue weighted by atomic mass is 35.5.